The average Bonchev–Trinajstić information content (AvgIpc) is 3.25. The molecule has 144 valence electrons. The molecule has 0 aromatic carbocycles. The van der Waals surface area contributed by atoms with Crippen LogP contribution in [0.3, 0.4) is 0 Å². The molecule has 0 bridgehead atoms. The number of nitrogens with two attached hydrogens (primary N) is 1. The first-order valence-electron chi connectivity index (χ1n) is 8.55. The van der Waals surface area contributed by atoms with Crippen molar-refractivity contribution >= 4 is 23.2 Å². The number of thioether (sulfide) groups is 1. The molecule has 0 unspecified atom stereocenters. The van der Waals surface area contributed by atoms with Crippen molar-refractivity contribution in [1.82, 2.24) is 24.6 Å². The molecule has 0 aliphatic rings. The van der Waals surface area contributed by atoms with Crippen molar-refractivity contribution in [3.8, 4) is 22.5 Å². The smallest absolute Gasteiger partial charge is 0.224 e. The molecule has 28 heavy (non-hydrogen) atoms. The molecule has 0 atom stereocenters. The van der Waals surface area contributed by atoms with E-state index in [-0.39, 0.29) is 10.3 Å². The Kier molecular flexibility index (Phi) is 4.34. The Balaban J connectivity index is 1.95. The molecule has 0 aliphatic carbocycles. The highest BCUT2D eigenvalue weighted by atomic mass is 32.2. The molecule has 9 heteroatoms. The third-order valence-electron chi connectivity index (χ3n) is 4.05. The van der Waals surface area contributed by atoms with Crippen LogP contribution in [0, 0.1) is 11.8 Å². The molecule has 0 saturated carbocycles. The van der Waals surface area contributed by atoms with Crippen molar-refractivity contribution in [1.29, 1.82) is 0 Å². The third-order valence-corrected chi connectivity index (χ3v) is 5.21. The van der Waals surface area contributed by atoms with Gasteiger partial charge in [0.1, 0.15) is 5.65 Å². The zero-order chi connectivity index (χ0) is 20.1. The van der Waals surface area contributed by atoms with Crippen molar-refractivity contribution in [2.24, 2.45) is 0 Å². The molecule has 3 N–H and O–H groups in total. The lowest BCUT2D eigenvalue weighted by Crippen LogP contribution is -2.08. The highest BCUT2D eigenvalue weighted by Crippen LogP contribution is 2.39. The van der Waals surface area contributed by atoms with Gasteiger partial charge in [-0.3, -0.25) is 9.50 Å². The maximum absolute atomic E-state index is 14.4. The van der Waals surface area contributed by atoms with Crippen LogP contribution in [0.5, 0.6) is 0 Å². The quantitative estimate of drug-likeness (QED) is 0.390. The number of halogens is 2. The summed E-state index contributed by atoms with van der Waals surface area (Å²) >= 11 is 1.66. The summed E-state index contributed by atoms with van der Waals surface area (Å²) in [6.07, 6.45) is 5.05. The Morgan fingerprint density at radius 3 is 2.64 bits per heavy atom. The molecule has 4 aromatic rings. The second kappa shape index (κ2) is 6.59. The van der Waals surface area contributed by atoms with E-state index in [9.17, 15) is 8.78 Å². The van der Waals surface area contributed by atoms with Crippen molar-refractivity contribution < 1.29 is 8.78 Å². The second-order valence-corrected chi connectivity index (χ2v) is 9.17. The summed E-state index contributed by atoms with van der Waals surface area (Å²) in [6.45, 7) is 6.31. The van der Waals surface area contributed by atoms with E-state index in [0.717, 1.165) is 22.2 Å². The summed E-state index contributed by atoms with van der Waals surface area (Å²) in [5.41, 5.74) is 8.13. The fourth-order valence-electron chi connectivity index (χ4n) is 2.89. The third kappa shape index (κ3) is 3.33. The molecule has 4 aromatic heterocycles. The second-order valence-electron chi connectivity index (χ2n) is 7.30. The predicted octanol–water partition coefficient (Wildman–Crippen LogP) is 4.54. The van der Waals surface area contributed by atoms with Crippen LogP contribution in [-0.2, 0) is 0 Å². The molecule has 0 radical (unpaired) electrons. The van der Waals surface area contributed by atoms with Crippen molar-refractivity contribution in [3.63, 3.8) is 0 Å². The molecule has 0 fully saturated rings. The van der Waals surface area contributed by atoms with E-state index in [1.165, 1.54) is 6.20 Å². The monoisotopic (exact) mass is 400 g/mol. The molecule has 6 nitrogen and oxygen atoms in total. The first-order chi connectivity index (χ1) is 13.2. The minimum atomic E-state index is -0.844. The summed E-state index contributed by atoms with van der Waals surface area (Å²) in [4.78, 5) is 8.77. The molecule has 0 saturated heterocycles. The van der Waals surface area contributed by atoms with E-state index in [0.29, 0.717) is 11.3 Å². The fraction of sp³-hybridized carbons (Fsp3) is 0.211. The number of fused-ring (bicyclic) bond motifs is 1. The average molecular weight is 400 g/mol. The predicted molar refractivity (Wildman–Crippen MR) is 106 cm³/mol. The van der Waals surface area contributed by atoms with Crippen molar-refractivity contribution in [2.45, 2.75) is 30.4 Å². The number of H-pyrrole nitrogens is 1. The summed E-state index contributed by atoms with van der Waals surface area (Å²) in [6, 6.07) is 4.81. The molecule has 4 heterocycles. The highest BCUT2D eigenvalue weighted by Gasteiger charge is 2.20. The van der Waals surface area contributed by atoms with E-state index >= 15 is 0 Å². The van der Waals surface area contributed by atoms with Gasteiger partial charge in [-0.05, 0) is 18.2 Å². The van der Waals surface area contributed by atoms with Gasteiger partial charge >= 0.3 is 0 Å². The van der Waals surface area contributed by atoms with Gasteiger partial charge < -0.3 is 5.73 Å². The molecular formula is C19H18F2N6S. The number of pyridine rings is 2. The first-order valence-corrected chi connectivity index (χ1v) is 9.36. The summed E-state index contributed by atoms with van der Waals surface area (Å²) in [7, 11) is 0. The van der Waals surface area contributed by atoms with Gasteiger partial charge in [0.25, 0.3) is 0 Å². The zero-order valence-electron chi connectivity index (χ0n) is 15.5. The lowest BCUT2D eigenvalue weighted by atomic mass is 10.2. The lowest BCUT2D eigenvalue weighted by Gasteiger charge is -2.20. The number of aromatic nitrogens is 5. The number of rotatable bonds is 3. The molecule has 4 rings (SSSR count). The van der Waals surface area contributed by atoms with Crippen LogP contribution >= 0.6 is 11.8 Å². The number of anilines is 1. The summed E-state index contributed by atoms with van der Waals surface area (Å²) < 4.78 is 29.9. The summed E-state index contributed by atoms with van der Waals surface area (Å²) in [5, 5.41) is 7.00. The molecular weight excluding hydrogens is 382 g/mol. The number of imidazole rings is 1. The van der Waals surface area contributed by atoms with Crippen LogP contribution in [0.2, 0.25) is 0 Å². The van der Waals surface area contributed by atoms with E-state index in [1.807, 2.05) is 18.3 Å². The van der Waals surface area contributed by atoms with Crippen LogP contribution in [-0.4, -0.2) is 29.3 Å². The Labute approximate surface area is 164 Å². The molecule has 0 amide bonds. The van der Waals surface area contributed by atoms with Crippen LogP contribution in [0.1, 0.15) is 20.8 Å². The minimum absolute atomic E-state index is 0.000184. The van der Waals surface area contributed by atoms with Crippen LogP contribution in [0.4, 0.5) is 14.6 Å². The Bertz CT molecular complexity index is 1160. The van der Waals surface area contributed by atoms with Gasteiger partial charge in [-0.1, -0.05) is 20.8 Å². The van der Waals surface area contributed by atoms with E-state index in [4.69, 9.17) is 5.73 Å². The number of hydrogen-bond acceptors (Lipinski definition) is 5. The summed E-state index contributed by atoms with van der Waals surface area (Å²) in [5.74, 6) is -2.09. The van der Waals surface area contributed by atoms with Crippen molar-refractivity contribution in [2.75, 3.05) is 5.73 Å². The Morgan fingerprint density at radius 1 is 1.18 bits per heavy atom. The maximum Gasteiger partial charge on any atom is 0.224 e. The van der Waals surface area contributed by atoms with Crippen molar-refractivity contribution in [3.05, 3.63) is 48.6 Å². The van der Waals surface area contributed by atoms with Crippen LogP contribution in [0.15, 0.2) is 41.7 Å². The van der Waals surface area contributed by atoms with Gasteiger partial charge in [0.05, 0.1) is 23.1 Å². The van der Waals surface area contributed by atoms with Crippen LogP contribution < -0.4 is 5.73 Å². The SMILES string of the molecule is CC(C)(C)Sc1cn2c(-c3cc(F)c(N)nc3F)cnc2cc1-c1ccn[nH]1. The van der Waals surface area contributed by atoms with Gasteiger partial charge in [-0.15, -0.1) is 11.8 Å². The van der Waals surface area contributed by atoms with Gasteiger partial charge in [0.15, 0.2) is 11.6 Å². The number of nitrogens with zero attached hydrogens (tertiary/aromatic N) is 4. The lowest BCUT2D eigenvalue weighted by molar-refractivity contribution is 0.568. The zero-order valence-corrected chi connectivity index (χ0v) is 16.3. The number of nitrogens with one attached hydrogen (secondary N) is 1. The molecule has 0 aliphatic heterocycles. The first kappa shape index (κ1) is 18.4. The fourth-order valence-corrected chi connectivity index (χ4v) is 3.99. The van der Waals surface area contributed by atoms with Gasteiger partial charge in [0, 0.05) is 27.6 Å². The number of hydrogen-bond donors (Lipinski definition) is 2. The normalized spacial score (nSPS) is 12.0. The Morgan fingerprint density at radius 2 is 1.96 bits per heavy atom. The van der Waals surface area contributed by atoms with E-state index in [2.05, 4.69) is 40.9 Å². The Hall–Kier alpha value is -2.94. The molecule has 0 spiro atoms. The van der Waals surface area contributed by atoms with E-state index in [1.54, 1.807) is 22.4 Å². The standard InChI is InChI=1S/C19H18F2N6S/c1-19(2,3)28-15-9-27-14(11-6-12(20)18(22)25-17(11)21)8-23-16(27)7-10(15)13-4-5-24-26-13/h4-9H,1-3H3,(H2,22,25)(H,24,26). The topological polar surface area (TPSA) is 84.9 Å². The number of nitrogen functional groups attached to an aromatic ring is 1. The largest absolute Gasteiger partial charge is 0.381 e. The minimum Gasteiger partial charge on any atom is -0.381 e. The number of aromatic amines is 1. The van der Waals surface area contributed by atoms with Gasteiger partial charge in [0.2, 0.25) is 5.95 Å². The maximum atomic E-state index is 14.4. The highest BCUT2D eigenvalue weighted by molar-refractivity contribution is 8.00. The van der Waals surface area contributed by atoms with Crippen LogP contribution in [0.25, 0.3) is 28.2 Å². The van der Waals surface area contributed by atoms with Gasteiger partial charge in [-0.2, -0.15) is 14.5 Å². The van der Waals surface area contributed by atoms with Gasteiger partial charge in [-0.25, -0.2) is 9.37 Å². The van der Waals surface area contributed by atoms with E-state index < -0.39 is 17.6 Å².